The van der Waals surface area contributed by atoms with E-state index in [9.17, 15) is 13.2 Å². The van der Waals surface area contributed by atoms with Gasteiger partial charge < -0.3 is 5.32 Å². The number of nitrogens with zero attached hydrogens (tertiary/aromatic N) is 3. The van der Waals surface area contributed by atoms with E-state index < -0.39 is 10.0 Å². The van der Waals surface area contributed by atoms with Gasteiger partial charge in [-0.15, -0.1) is 10.2 Å². The molecule has 168 valence electrons. The maximum absolute atomic E-state index is 13.2. The summed E-state index contributed by atoms with van der Waals surface area (Å²) in [7, 11) is -3.59. The van der Waals surface area contributed by atoms with Crippen molar-refractivity contribution < 1.29 is 13.2 Å². The maximum atomic E-state index is 13.2. The van der Waals surface area contributed by atoms with Crippen molar-refractivity contribution in [2.75, 3.05) is 18.4 Å². The van der Waals surface area contributed by atoms with E-state index >= 15 is 0 Å². The first kappa shape index (κ1) is 22.6. The standard InChI is InChI=1S/C23H26N4O3S2/c1-15-6-8-19(9-7-15)24-21(28)23-26-25-22(31-23)18-5-4-10-27(14-18)32(29,30)20-12-16(2)11-17(3)13-20/h6-9,11-13,18H,4-5,10,14H2,1-3H3,(H,24,28). The number of carbonyl (C=O) groups is 1. The molecule has 0 aliphatic carbocycles. The minimum absolute atomic E-state index is 0.0807. The van der Waals surface area contributed by atoms with Crippen LogP contribution in [0, 0.1) is 20.8 Å². The zero-order valence-corrected chi connectivity index (χ0v) is 20.0. The maximum Gasteiger partial charge on any atom is 0.286 e. The van der Waals surface area contributed by atoms with Crippen molar-refractivity contribution in [1.82, 2.24) is 14.5 Å². The number of amides is 1. The van der Waals surface area contributed by atoms with Gasteiger partial charge in [-0.2, -0.15) is 4.31 Å². The normalized spacial score (nSPS) is 17.3. The van der Waals surface area contributed by atoms with E-state index in [1.54, 1.807) is 12.1 Å². The van der Waals surface area contributed by atoms with E-state index in [0.29, 0.717) is 28.7 Å². The van der Waals surface area contributed by atoms with Crippen molar-refractivity contribution in [3.8, 4) is 0 Å². The molecule has 4 rings (SSSR count). The van der Waals surface area contributed by atoms with Crippen LogP contribution >= 0.6 is 11.3 Å². The molecule has 1 saturated heterocycles. The fraction of sp³-hybridized carbons (Fsp3) is 0.348. The molecular formula is C23H26N4O3S2. The molecule has 9 heteroatoms. The van der Waals surface area contributed by atoms with Crippen LogP contribution in [0.4, 0.5) is 5.69 Å². The molecule has 7 nitrogen and oxygen atoms in total. The van der Waals surface area contributed by atoms with Crippen molar-refractivity contribution in [3.63, 3.8) is 0 Å². The minimum Gasteiger partial charge on any atom is -0.320 e. The van der Waals surface area contributed by atoms with E-state index in [0.717, 1.165) is 29.5 Å². The number of carbonyl (C=O) groups excluding carboxylic acids is 1. The highest BCUT2D eigenvalue weighted by molar-refractivity contribution is 7.89. The Balaban J connectivity index is 1.48. The molecule has 1 atom stereocenters. The lowest BCUT2D eigenvalue weighted by atomic mass is 10.0. The summed E-state index contributed by atoms with van der Waals surface area (Å²) in [5.41, 5.74) is 3.65. The third kappa shape index (κ3) is 4.90. The van der Waals surface area contributed by atoms with Gasteiger partial charge in [0.05, 0.1) is 4.90 Å². The fourth-order valence-corrected chi connectivity index (χ4v) is 6.48. The van der Waals surface area contributed by atoms with Gasteiger partial charge in [-0.05, 0) is 69.0 Å². The lowest BCUT2D eigenvalue weighted by Gasteiger charge is -2.30. The van der Waals surface area contributed by atoms with Crippen LogP contribution in [0.1, 0.15) is 50.3 Å². The van der Waals surface area contributed by atoms with E-state index in [1.807, 2.05) is 51.1 Å². The molecule has 1 unspecified atom stereocenters. The van der Waals surface area contributed by atoms with Crippen molar-refractivity contribution in [1.29, 1.82) is 0 Å². The number of anilines is 1. The van der Waals surface area contributed by atoms with E-state index in [1.165, 1.54) is 15.6 Å². The number of nitrogens with one attached hydrogen (secondary N) is 1. The Bertz CT molecular complexity index is 1220. The fourth-order valence-electron chi connectivity index (χ4n) is 3.91. The summed E-state index contributed by atoms with van der Waals surface area (Å²) in [5, 5.41) is 12.1. The van der Waals surface area contributed by atoms with Gasteiger partial charge in [-0.25, -0.2) is 8.42 Å². The second-order valence-corrected chi connectivity index (χ2v) is 11.2. The quantitative estimate of drug-likeness (QED) is 0.601. The first-order valence-electron chi connectivity index (χ1n) is 10.5. The first-order valence-corrected chi connectivity index (χ1v) is 12.8. The Labute approximate surface area is 192 Å². The third-order valence-electron chi connectivity index (χ3n) is 5.51. The van der Waals surface area contributed by atoms with E-state index in [2.05, 4.69) is 15.5 Å². The van der Waals surface area contributed by atoms with Crippen molar-refractivity contribution in [3.05, 3.63) is 69.2 Å². The summed E-state index contributed by atoms with van der Waals surface area (Å²) in [4.78, 5) is 12.9. The minimum atomic E-state index is -3.59. The van der Waals surface area contributed by atoms with Crippen LogP contribution in [0.5, 0.6) is 0 Å². The number of piperidine rings is 1. The molecule has 1 aliphatic heterocycles. The van der Waals surface area contributed by atoms with Crippen LogP contribution in [0.15, 0.2) is 47.4 Å². The monoisotopic (exact) mass is 470 g/mol. The summed E-state index contributed by atoms with van der Waals surface area (Å²) in [5.74, 6) is -0.393. The molecule has 1 amide bonds. The summed E-state index contributed by atoms with van der Waals surface area (Å²) >= 11 is 1.23. The number of benzene rings is 2. The average Bonchev–Trinajstić information content (AvgIpc) is 3.25. The second kappa shape index (κ2) is 9.09. The van der Waals surface area contributed by atoms with Gasteiger partial charge in [-0.1, -0.05) is 35.1 Å². The lowest BCUT2D eigenvalue weighted by molar-refractivity contribution is 0.102. The highest BCUT2D eigenvalue weighted by Crippen LogP contribution is 2.32. The predicted molar refractivity (Wildman–Crippen MR) is 126 cm³/mol. The molecule has 0 radical (unpaired) electrons. The summed E-state index contributed by atoms with van der Waals surface area (Å²) in [6.07, 6.45) is 1.55. The van der Waals surface area contributed by atoms with Gasteiger partial charge in [0, 0.05) is 24.7 Å². The molecule has 32 heavy (non-hydrogen) atoms. The topological polar surface area (TPSA) is 92.3 Å². The van der Waals surface area contributed by atoms with E-state index in [4.69, 9.17) is 0 Å². The average molecular weight is 471 g/mol. The van der Waals surface area contributed by atoms with E-state index in [-0.39, 0.29) is 16.8 Å². The van der Waals surface area contributed by atoms with Gasteiger partial charge >= 0.3 is 0 Å². The summed E-state index contributed by atoms with van der Waals surface area (Å²) in [6.45, 7) is 6.59. The molecule has 0 spiro atoms. The smallest absolute Gasteiger partial charge is 0.286 e. The molecule has 0 saturated carbocycles. The summed E-state index contributed by atoms with van der Waals surface area (Å²) in [6, 6.07) is 12.9. The van der Waals surface area contributed by atoms with Gasteiger partial charge in [-0.3, -0.25) is 4.79 Å². The van der Waals surface area contributed by atoms with Gasteiger partial charge in [0.25, 0.3) is 5.91 Å². The van der Waals surface area contributed by atoms with Crippen LogP contribution in [0.2, 0.25) is 0 Å². The Kier molecular flexibility index (Phi) is 6.41. The number of aryl methyl sites for hydroxylation is 3. The van der Waals surface area contributed by atoms with Crippen LogP contribution in [-0.2, 0) is 10.0 Å². The van der Waals surface area contributed by atoms with Crippen LogP contribution in [0.3, 0.4) is 0 Å². The van der Waals surface area contributed by atoms with Crippen LogP contribution in [0.25, 0.3) is 0 Å². The molecule has 3 aromatic rings. The molecule has 1 fully saturated rings. The highest BCUT2D eigenvalue weighted by atomic mass is 32.2. The summed E-state index contributed by atoms with van der Waals surface area (Å²) < 4.78 is 28.0. The molecule has 2 aromatic carbocycles. The van der Waals surface area contributed by atoms with Gasteiger partial charge in [0.15, 0.2) is 0 Å². The number of rotatable bonds is 5. The van der Waals surface area contributed by atoms with Crippen LogP contribution in [-0.4, -0.2) is 41.9 Å². The van der Waals surface area contributed by atoms with Gasteiger partial charge in [0.1, 0.15) is 5.01 Å². The van der Waals surface area contributed by atoms with Crippen LogP contribution < -0.4 is 5.32 Å². The van der Waals surface area contributed by atoms with Crippen molar-refractivity contribution in [2.24, 2.45) is 0 Å². The third-order valence-corrected chi connectivity index (χ3v) is 8.44. The van der Waals surface area contributed by atoms with Crippen molar-refractivity contribution in [2.45, 2.75) is 44.4 Å². The first-order chi connectivity index (χ1) is 15.2. The molecule has 1 aliphatic rings. The number of hydrogen-bond acceptors (Lipinski definition) is 6. The van der Waals surface area contributed by atoms with Gasteiger partial charge in [0.2, 0.25) is 15.0 Å². The Morgan fingerprint density at radius 2 is 1.72 bits per heavy atom. The predicted octanol–water partition coefficient (Wildman–Crippen LogP) is 4.28. The Hall–Kier alpha value is -2.62. The number of aromatic nitrogens is 2. The molecule has 2 heterocycles. The number of hydrogen-bond donors (Lipinski definition) is 1. The number of sulfonamides is 1. The lowest BCUT2D eigenvalue weighted by Crippen LogP contribution is -2.39. The second-order valence-electron chi connectivity index (χ2n) is 8.29. The zero-order chi connectivity index (χ0) is 22.9. The molecular weight excluding hydrogens is 444 g/mol. The molecule has 0 bridgehead atoms. The van der Waals surface area contributed by atoms with Crippen molar-refractivity contribution >= 4 is 33.0 Å². The molecule has 1 aromatic heterocycles. The largest absolute Gasteiger partial charge is 0.320 e. The zero-order valence-electron chi connectivity index (χ0n) is 18.3. The Morgan fingerprint density at radius 3 is 2.41 bits per heavy atom. The highest BCUT2D eigenvalue weighted by Gasteiger charge is 2.33. The molecule has 1 N–H and O–H groups in total. The Morgan fingerprint density at radius 1 is 1.03 bits per heavy atom. The SMILES string of the molecule is Cc1ccc(NC(=O)c2nnc(C3CCCN(S(=O)(=O)c4cc(C)cc(C)c4)C3)s2)cc1.